The van der Waals surface area contributed by atoms with Gasteiger partial charge in [-0.25, -0.2) is 9.97 Å². The average molecular weight is 290 g/mol. The number of benzene rings is 1. The molecule has 104 valence electrons. The van der Waals surface area contributed by atoms with Gasteiger partial charge in [-0.1, -0.05) is 17.3 Å². The maximum absolute atomic E-state index is 8.72. The molecule has 0 aliphatic heterocycles. The Labute approximate surface area is 120 Å². The molecule has 6 nitrogen and oxygen atoms in total. The van der Waals surface area contributed by atoms with E-state index in [1.54, 1.807) is 13.2 Å². The second-order valence-electron chi connectivity index (χ2n) is 3.92. The number of amidine groups is 1. The van der Waals surface area contributed by atoms with Crippen molar-refractivity contribution in [3.8, 4) is 5.75 Å². The minimum atomic E-state index is -0.0441. The van der Waals surface area contributed by atoms with Crippen LogP contribution in [0.3, 0.4) is 0 Å². The molecule has 7 heteroatoms. The Morgan fingerprint density at radius 1 is 1.35 bits per heavy atom. The van der Waals surface area contributed by atoms with Crippen molar-refractivity contribution in [2.75, 3.05) is 7.11 Å². The minimum absolute atomic E-state index is 0.0441. The Balaban J connectivity index is 2.36. The van der Waals surface area contributed by atoms with Crippen molar-refractivity contribution in [2.24, 2.45) is 10.9 Å². The maximum atomic E-state index is 8.72. The first-order valence-corrected chi connectivity index (χ1v) is 6.60. The quantitative estimate of drug-likeness (QED) is 0.294. The molecule has 0 saturated carbocycles. The number of para-hydroxylation sites is 1. The van der Waals surface area contributed by atoms with Crippen LogP contribution in [0.2, 0.25) is 0 Å². The molecule has 1 heterocycles. The molecule has 0 unspecified atom stereocenters. The zero-order chi connectivity index (χ0) is 14.5. The predicted molar refractivity (Wildman–Crippen MR) is 76.4 cm³/mol. The largest absolute Gasteiger partial charge is 0.496 e. The lowest BCUT2D eigenvalue weighted by Crippen LogP contribution is -2.16. The molecule has 0 atom stereocenters. The van der Waals surface area contributed by atoms with Gasteiger partial charge in [0.15, 0.2) is 11.0 Å². The Bertz CT molecular complexity index is 646. The third-order valence-electron chi connectivity index (χ3n) is 2.47. The smallest absolute Gasteiger partial charge is 0.193 e. The molecule has 0 bridgehead atoms. The number of aromatic nitrogens is 2. The van der Waals surface area contributed by atoms with Gasteiger partial charge in [0.25, 0.3) is 0 Å². The number of nitrogens with two attached hydrogens (primary N) is 1. The van der Waals surface area contributed by atoms with Crippen LogP contribution in [0.1, 0.15) is 11.4 Å². The molecule has 1 aromatic heterocycles. The van der Waals surface area contributed by atoms with Crippen LogP contribution < -0.4 is 10.5 Å². The fourth-order valence-electron chi connectivity index (χ4n) is 1.57. The molecule has 0 fully saturated rings. The van der Waals surface area contributed by atoms with Gasteiger partial charge in [-0.2, -0.15) is 0 Å². The lowest BCUT2D eigenvalue weighted by Gasteiger charge is -2.08. The zero-order valence-corrected chi connectivity index (χ0v) is 11.9. The summed E-state index contributed by atoms with van der Waals surface area (Å²) in [5, 5.41) is 12.2. The van der Waals surface area contributed by atoms with Gasteiger partial charge in [-0.3, -0.25) is 0 Å². The topological polar surface area (TPSA) is 93.6 Å². The van der Waals surface area contributed by atoms with Gasteiger partial charge in [0, 0.05) is 5.69 Å². The van der Waals surface area contributed by atoms with Crippen LogP contribution in [-0.2, 0) is 0 Å². The summed E-state index contributed by atoms with van der Waals surface area (Å²) in [6.45, 7) is 1.82. The third kappa shape index (κ3) is 3.18. The van der Waals surface area contributed by atoms with Gasteiger partial charge in [-0.05, 0) is 36.9 Å². The van der Waals surface area contributed by atoms with E-state index in [-0.39, 0.29) is 5.84 Å². The number of aryl methyl sites for hydroxylation is 1. The van der Waals surface area contributed by atoms with Crippen LogP contribution >= 0.6 is 11.8 Å². The Morgan fingerprint density at radius 3 is 2.80 bits per heavy atom. The van der Waals surface area contributed by atoms with Gasteiger partial charge in [0.05, 0.1) is 12.0 Å². The van der Waals surface area contributed by atoms with Crippen molar-refractivity contribution in [1.82, 2.24) is 9.97 Å². The van der Waals surface area contributed by atoms with E-state index in [2.05, 4.69) is 15.1 Å². The fraction of sp³-hybridized carbons (Fsp3) is 0.154. The second kappa shape index (κ2) is 6.25. The van der Waals surface area contributed by atoms with Gasteiger partial charge >= 0.3 is 0 Å². The molecule has 0 spiro atoms. The summed E-state index contributed by atoms with van der Waals surface area (Å²) in [7, 11) is 1.61. The third-order valence-corrected chi connectivity index (χ3v) is 3.40. The summed E-state index contributed by atoms with van der Waals surface area (Å²) < 4.78 is 5.28. The molecule has 2 rings (SSSR count). The Hall–Kier alpha value is -2.28. The Morgan fingerprint density at radius 2 is 2.10 bits per heavy atom. The van der Waals surface area contributed by atoms with Gasteiger partial charge in [0.2, 0.25) is 0 Å². The van der Waals surface area contributed by atoms with Crippen LogP contribution in [0.15, 0.2) is 45.5 Å². The minimum Gasteiger partial charge on any atom is -0.496 e. The molecular weight excluding hydrogens is 276 g/mol. The number of hydrogen-bond acceptors (Lipinski definition) is 6. The van der Waals surface area contributed by atoms with E-state index in [0.717, 1.165) is 16.3 Å². The van der Waals surface area contributed by atoms with E-state index in [0.29, 0.717) is 10.9 Å². The van der Waals surface area contributed by atoms with E-state index < -0.39 is 0 Å². The fourth-order valence-corrected chi connectivity index (χ4v) is 2.50. The number of rotatable bonds is 4. The lowest BCUT2D eigenvalue weighted by molar-refractivity contribution is 0.318. The first kappa shape index (κ1) is 14.1. The maximum Gasteiger partial charge on any atom is 0.193 e. The van der Waals surface area contributed by atoms with E-state index in [1.807, 2.05) is 31.2 Å². The van der Waals surface area contributed by atoms with Crippen LogP contribution in [0.25, 0.3) is 0 Å². The average Bonchev–Trinajstić information content (AvgIpc) is 2.46. The molecule has 1 aromatic carbocycles. The number of nitrogens with zero attached hydrogens (tertiary/aromatic N) is 3. The molecule has 0 saturated heterocycles. The normalized spacial score (nSPS) is 11.4. The zero-order valence-electron chi connectivity index (χ0n) is 11.1. The van der Waals surface area contributed by atoms with Crippen molar-refractivity contribution in [3.63, 3.8) is 0 Å². The molecular formula is C13H14N4O2S. The van der Waals surface area contributed by atoms with Crippen molar-refractivity contribution in [2.45, 2.75) is 17.0 Å². The van der Waals surface area contributed by atoms with Crippen molar-refractivity contribution in [1.29, 1.82) is 0 Å². The van der Waals surface area contributed by atoms with Crippen molar-refractivity contribution in [3.05, 3.63) is 41.7 Å². The molecule has 0 aliphatic rings. The van der Waals surface area contributed by atoms with Crippen LogP contribution in [0, 0.1) is 6.92 Å². The highest BCUT2D eigenvalue weighted by molar-refractivity contribution is 7.99. The highest BCUT2D eigenvalue weighted by atomic mass is 32.2. The van der Waals surface area contributed by atoms with E-state index in [9.17, 15) is 0 Å². The summed E-state index contributed by atoms with van der Waals surface area (Å²) in [6.07, 6.45) is 0. The Kier molecular flexibility index (Phi) is 4.41. The van der Waals surface area contributed by atoms with Crippen LogP contribution in [0.4, 0.5) is 0 Å². The van der Waals surface area contributed by atoms with Gasteiger partial charge in [0.1, 0.15) is 11.4 Å². The van der Waals surface area contributed by atoms with E-state index in [1.165, 1.54) is 11.8 Å². The van der Waals surface area contributed by atoms with Crippen LogP contribution in [0.5, 0.6) is 5.75 Å². The summed E-state index contributed by atoms with van der Waals surface area (Å²) in [6, 6.07) is 9.23. The summed E-state index contributed by atoms with van der Waals surface area (Å²) in [5.74, 6) is 0.699. The molecule has 3 N–H and O–H groups in total. The number of methoxy groups -OCH3 is 1. The molecule has 0 aliphatic carbocycles. The van der Waals surface area contributed by atoms with Crippen molar-refractivity contribution >= 4 is 17.6 Å². The summed E-state index contributed by atoms with van der Waals surface area (Å²) in [4.78, 5) is 9.48. The van der Waals surface area contributed by atoms with Gasteiger partial charge < -0.3 is 15.7 Å². The van der Waals surface area contributed by atoms with E-state index in [4.69, 9.17) is 15.7 Å². The van der Waals surface area contributed by atoms with Crippen LogP contribution in [-0.4, -0.2) is 28.1 Å². The van der Waals surface area contributed by atoms with Gasteiger partial charge in [-0.15, -0.1) is 0 Å². The first-order chi connectivity index (χ1) is 9.63. The molecule has 2 aromatic rings. The second-order valence-corrected chi connectivity index (χ2v) is 4.92. The molecule has 0 radical (unpaired) electrons. The van der Waals surface area contributed by atoms with Crippen molar-refractivity contribution < 1.29 is 9.94 Å². The number of hydrogen-bond donors (Lipinski definition) is 2. The highest BCUT2D eigenvalue weighted by Gasteiger charge is 2.10. The first-order valence-electron chi connectivity index (χ1n) is 5.78. The monoisotopic (exact) mass is 290 g/mol. The molecule has 20 heavy (non-hydrogen) atoms. The summed E-state index contributed by atoms with van der Waals surface area (Å²) in [5.41, 5.74) is 6.68. The summed E-state index contributed by atoms with van der Waals surface area (Å²) >= 11 is 1.36. The SMILES string of the molecule is COc1ccccc1Sc1nc(C)cc(/C(N)=N/O)n1. The molecule has 0 amide bonds. The highest BCUT2D eigenvalue weighted by Crippen LogP contribution is 2.32. The number of oxime groups is 1. The standard InChI is InChI=1S/C13H14N4O2S/c1-8-7-9(12(14)17-18)16-13(15-8)20-11-6-4-3-5-10(11)19-2/h3-7,18H,1-2H3,(H2,14,17). The number of ether oxygens (including phenoxy) is 1. The van der Waals surface area contributed by atoms with E-state index >= 15 is 0 Å². The lowest BCUT2D eigenvalue weighted by atomic mass is 10.3. The predicted octanol–water partition coefficient (Wildman–Crippen LogP) is 2.04.